The normalized spacial score (nSPS) is 14.3. The van der Waals surface area contributed by atoms with Gasteiger partial charge in [0.15, 0.2) is 0 Å². The molecule has 0 saturated carbocycles. The number of nitrogens with zero attached hydrogens (tertiary/aromatic N) is 2. The molecule has 2 unspecified atom stereocenters. The number of carbonyl (C=O) groups excluding carboxylic acids is 2. The first-order chi connectivity index (χ1) is 13.3. The summed E-state index contributed by atoms with van der Waals surface area (Å²) in [6, 6.07) is -1.42. The molecule has 7 N–H and O–H groups in total. The van der Waals surface area contributed by atoms with Crippen molar-refractivity contribution < 1.29 is 19.5 Å². The van der Waals surface area contributed by atoms with Crippen LogP contribution in [0.25, 0.3) is 0 Å². The zero-order valence-corrected chi connectivity index (χ0v) is 17.2. The SMILES string of the molecule is CCOC(=O)C(CCCCN=C(C)NO)NC(=O)C(N)CCCCN=C(C)N. The quantitative estimate of drug-likeness (QED) is 0.0929. The molecular weight excluding hydrogens is 364 g/mol. The van der Waals surface area contributed by atoms with Crippen molar-refractivity contribution in [3.63, 3.8) is 0 Å². The summed E-state index contributed by atoms with van der Waals surface area (Å²) in [6.45, 7) is 6.44. The first kappa shape index (κ1) is 25.8. The standard InChI is InChI=1S/C18H36N6O4/c1-4-28-18(26)16(10-6-8-12-22-14(3)24-27)23-17(25)15(20)9-5-7-11-21-13(2)19/h15-16,27H,4-12,20H2,1-3H3,(H2,19,21)(H,22,24)(H,23,25). The van der Waals surface area contributed by atoms with Crippen molar-refractivity contribution in [2.75, 3.05) is 19.7 Å². The van der Waals surface area contributed by atoms with Crippen LogP contribution in [0.15, 0.2) is 9.98 Å². The maximum Gasteiger partial charge on any atom is 0.328 e. The van der Waals surface area contributed by atoms with Gasteiger partial charge in [-0.05, 0) is 59.3 Å². The van der Waals surface area contributed by atoms with Crippen molar-refractivity contribution >= 4 is 23.5 Å². The third-order valence-corrected chi connectivity index (χ3v) is 3.92. The fourth-order valence-corrected chi connectivity index (χ4v) is 2.38. The second-order valence-corrected chi connectivity index (χ2v) is 6.51. The maximum atomic E-state index is 12.3. The van der Waals surface area contributed by atoms with Gasteiger partial charge in [0.2, 0.25) is 5.91 Å². The molecule has 0 aromatic heterocycles. The van der Waals surface area contributed by atoms with Crippen LogP contribution < -0.4 is 22.3 Å². The summed E-state index contributed by atoms with van der Waals surface area (Å²) in [5.74, 6) is 0.128. The van der Waals surface area contributed by atoms with E-state index in [0.717, 1.165) is 12.8 Å². The van der Waals surface area contributed by atoms with Crippen molar-refractivity contribution in [3.05, 3.63) is 0 Å². The Bertz CT molecular complexity index is 520. The molecule has 0 spiro atoms. The number of rotatable bonds is 14. The van der Waals surface area contributed by atoms with Gasteiger partial charge in [-0.2, -0.15) is 0 Å². The average Bonchev–Trinajstić information content (AvgIpc) is 2.65. The molecule has 0 radical (unpaired) electrons. The van der Waals surface area contributed by atoms with Gasteiger partial charge < -0.3 is 21.5 Å². The van der Waals surface area contributed by atoms with Crippen LogP contribution in [-0.4, -0.2) is 60.5 Å². The number of amidine groups is 2. The highest BCUT2D eigenvalue weighted by atomic mass is 16.5. The highest BCUT2D eigenvalue weighted by molar-refractivity contribution is 5.87. The minimum Gasteiger partial charge on any atom is -0.464 e. The van der Waals surface area contributed by atoms with E-state index >= 15 is 0 Å². The summed E-state index contributed by atoms with van der Waals surface area (Å²) in [5, 5.41) is 11.4. The topological polar surface area (TPSA) is 164 Å². The molecule has 10 nitrogen and oxygen atoms in total. The fraction of sp³-hybridized carbons (Fsp3) is 0.778. The van der Waals surface area contributed by atoms with Crippen LogP contribution in [-0.2, 0) is 14.3 Å². The first-order valence-electron chi connectivity index (χ1n) is 9.72. The van der Waals surface area contributed by atoms with E-state index in [1.807, 2.05) is 5.48 Å². The molecule has 1 amide bonds. The zero-order chi connectivity index (χ0) is 21.4. The summed E-state index contributed by atoms with van der Waals surface area (Å²) in [5.41, 5.74) is 13.4. The van der Waals surface area contributed by atoms with Crippen LogP contribution >= 0.6 is 0 Å². The third kappa shape index (κ3) is 13.0. The van der Waals surface area contributed by atoms with E-state index in [1.54, 1.807) is 20.8 Å². The zero-order valence-electron chi connectivity index (χ0n) is 17.2. The Morgan fingerprint density at radius 1 is 1.07 bits per heavy atom. The molecule has 10 heteroatoms. The summed E-state index contributed by atoms with van der Waals surface area (Å²) in [7, 11) is 0. The molecule has 162 valence electrons. The lowest BCUT2D eigenvalue weighted by Crippen LogP contribution is -2.49. The molecule has 2 atom stereocenters. The summed E-state index contributed by atoms with van der Waals surface area (Å²) >= 11 is 0. The predicted octanol–water partition coefficient (Wildman–Crippen LogP) is 0.477. The molecule has 0 aliphatic carbocycles. The van der Waals surface area contributed by atoms with Crippen LogP contribution in [0.3, 0.4) is 0 Å². The number of hydrogen-bond donors (Lipinski definition) is 5. The monoisotopic (exact) mass is 400 g/mol. The summed E-state index contributed by atoms with van der Waals surface area (Å²) in [4.78, 5) is 32.6. The molecule has 0 fully saturated rings. The number of nitrogens with two attached hydrogens (primary N) is 2. The van der Waals surface area contributed by atoms with E-state index in [4.69, 9.17) is 21.4 Å². The number of hydrogen-bond acceptors (Lipinski definition) is 7. The van der Waals surface area contributed by atoms with Gasteiger partial charge >= 0.3 is 5.97 Å². The van der Waals surface area contributed by atoms with Gasteiger partial charge in [0, 0.05) is 13.1 Å². The number of unbranched alkanes of at least 4 members (excludes halogenated alkanes) is 2. The molecule has 0 rings (SSSR count). The minimum atomic E-state index is -0.732. The lowest BCUT2D eigenvalue weighted by molar-refractivity contribution is -0.147. The van der Waals surface area contributed by atoms with Gasteiger partial charge in [-0.15, -0.1) is 0 Å². The van der Waals surface area contributed by atoms with Crippen molar-refractivity contribution in [2.24, 2.45) is 21.5 Å². The molecule has 0 aromatic carbocycles. The van der Waals surface area contributed by atoms with Crippen molar-refractivity contribution in [3.8, 4) is 0 Å². The Balaban J connectivity index is 4.42. The maximum absolute atomic E-state index is 12.3. The number of carbonyl (C=O) groups is 2. The molecule has 0 aromatic rings. The fourth-order valence-electron chi connectivity index (χ4n) is 2.38. The van der Waals surface area contributed by atoms with E-state index < -0.39 is 18.1 Å². The van der Waals surface area contributed by atoms with Gasteiger partial charge in [0.05, 0.1) is 18.5 Å². The molecule has 0 aliphatic rings. The van der Waals surface area contributed by atoms with Crippen molar-refractivity contribution in [1.82, 2.24) is 10.8 Å². The Kier molecular flexibility index (Phi) is 14.6. The van der Waals surface area contributed by atoms with Gasteiger partial charge in [-0.1, -0.05) is 0 Å². The average molecular weight is 401 g/mol. The van der Waals surface area contributed by atoms with Crippen LogP contribution in [0, 0.1) is 0 Å². The lowest BCUT2D eigenvalue weighted by Gasteiger charge is -2.19. The van der Waals surface area contributed by atoms with Crippen LogP contribution in [0.2, 0.25) is 0 Å². The van der Waals surface area contributed by atoms with Gasteiger partial charge in [-0.25, -0.2) is 4.79 Å². The highest BCUT2D eigenvalue weighted by Gasteiger charge is 2.24. The molecular formula is C18H36N6O4. The molecule has 28 heavy (non-hydrogen) atoms. The number of aliphatic imine (C=N–C) groups is 2. The van der Waals surface area contributed by atoms with Crippen molar-refractivity contribution in [2.45, 2.75) is 71.4 Å². The number of ether oxygens (including phenoxy) is 1. The van der Waals surface area contributed by atoms with E-state index in [2.05, 4.69) is 15.3 Å². The minimum absolute atomic E-state index is 0.240. The Labute approximate surface area is 167 Å². The number of esters is 1. The van der Waals surface area contributed by atoms with Crippen LogP contribution in [0.1, 0.15) is 59.3 Å². The van der Waals surface area contributed by atoms with Gasteiger partial charge in [0.25, 0.3) is 0 Å². The summed E-state index contributed by atoms with van der Waals surface area (Å²) < 4.78 is 5.04. The van der Waals surface area contributed by atoms with E-state index in [0.29, 0.717) is 50.4 Å². The molecule has 0 heterocycles. The third-order valence-electron chi connectivity index (χ3n) is 3.92. The van der Waals surface area contributed by atoms with Gasteiger partial charge in [-0.3, -0.25) is 25.5 Å². The smallest absolute Gasteiger partial charge is 0.328 e. The van der Waals surface area contributed by atoms with E-state index in [9.17, 15) is 9.59 Å². The predicted molar refractivity (Wildman–Crippen MR) is 109 cm³/mol. The van der Waals surface area contributed by atoms with Crippen LogP contribution in [0.4, 0.5) is 0 Å². The van der Waals surface area contributed by atoms with Crippen molar-refractivity contribution in [1.29, 1.82) is 0 Å². The van der Waals surface area contributed by atoms with E-state index in [-0.39, 0.29) is 12.5 Å². The second-order valence-electron chi connectivity index (χ2n) is 6.51. The number of nitrogens with one attached hydrogen (secondary N) is 2. The first-order valence-corrected chi connectivity index (χ1v) is 9.72. The summed E-state index contributed by atoms with van der Waals surface area (Å²) in [6.07, 6.45) is 3.84. The molecule has 0 saturated heterocycles. The number of hydroxylamine groups is 1. The van der Waals surface area contributed by atoms with Crippen LogP contribution in [0.5, 0.6) is 0 Å². The van der Waals surface area contributed by atoms with E-state index in [1.165, 1.54) is 0 Å². The molecule has 0 aliphatic heterocycles. The number of amides is 1. The second kappa shape index (κ2) is 15.8. The Morgan fingerprint density at radius 3 is 2.25 bits per heavy atom. The molecule has 0 bridgehead atoms. The largest absolute Gasteiger partial charge is 0.464 e. The van der Waals surface area contributed by atoms with Gasteiger partial charge in [0.1, 0.15) is 11.9 Å². The lowest BCUT2D eigenvalue weighted by atomic mass is 10.1. The Morgan fingerprint density at radius 2 is 1.68 bits per heavy atom. The highest BCUT2D eigenvalue weighted by Crippen LogP contribution is 2.06. The Hall–Kier alpha value is -2.20.